The number of aryl methyl sites for hydroxylation is 1. The first-order valence-corrected chi connectivity index (χ1v) is 9.09. The highest BCUT2D eigenvalue weighted by atomic mass is 16.5. The molecule has 3 rings (SSSR count). The molecule has 0 bridgehead atoms. The smallest absolute Gasteiger partial charge is 0.123 e. The SMILES string of the molecule is Cc1ccc2c(c1)OC[C@H]2c1cc(C(C)(C)C)c(O)c(C(C)(C)C)c1. The van der Waals surface area contributed by atoms with Gasteiger partial charge < -0.3 is 9.84 Å². The second-order valence-corrected chi connectivity index (χ2v) is 9.37. The number of fused-ring (bicyclic) bond motifs is 1. The van der Waals surface area contributed by atoms with E-state index < -0.39 is 0 Å². The van der Waals surface area contributed by atoms with E-state index >= 15 is 0 Å². The van der Waals surface area contributed by atoms with Gasteiger partial charge in [0.2, 0.25) is 0 Å². The van der Waals surface area contributed by atoms with Gasteiger partial charge in [0.1, 0.15) is 11.5 Å². The third-order valence-corrected chi connectivity index (χ3v) is 5.10. The Bertz CT molecular complexity index is 769. The van der Waals surface area contributed by atoms with E-state index in [1.165, 1.54) is 16.7 Å². The van der Waals surface area contributed by atoms with Crippen LogP contribution >= 0.6 is 0 Å². The van der Waals surface area contributed by atoms with E-state index in [-0.39, 0.29) is 16.7 Å². The highest BCUT2D eigenvalue weighted by Gasteiger charge is 2.31. The molecule has 1 atom stereocenters. The third-order valence-electron chi connectivity index (χ3n) is 5.10. The molecule has 0 fully saturated rings. The van der Waals surface area contributed by atoms with E-state index in [0.717, 1.165) is 16.9 Å². The van der Waals surface area contributed by atoms with Gasteiger partial charge in [-0.2, -0.15) is 0 Å². The molecule has 2 aromatic carbocycles. The van der Waals surface area contributed by atoms with Crippen molar-refractivity contribution < 1.29 is 9.84 Å². The van der Waals surface area contributed by atoms with Crippen LogP contribution in [0.15, 0.2) is 30.3 Å². The maximum absolute atomic E-state index is 10.9. The lowest BCUT2D eigenvalue weighted by atomic mass is 9.76. The number of ether oxygens (including phenoxy) is 1. The molecule has 0 radical (unpaired) electrons. The van der Waals surface area contributed by atoms with Gasteiger partial charge in [-0.05, 0) is 46.1 Å². The van der Waals surface area contributed by atoms with Crippen molar-refractivity contribution in [3.8, 4) is 11.5 Å². The zero-order chi connectivity index (χ0) is 18.6. The molecular formula is C23H30O2. The zero-order valence-corrected chi connectivity index (χ0v) is 16.5. The molecule has 2 aromatic rings. The number of benzene rings is 2. The van der Waals surface area contributed by atoms with Crippen molar-refractivity contribution in [2.75, 3.05) is 6.61 Å². The van der Waals surface area contributed by atoms with Gasteiger partial charge in [0, 0.05) is 11.5 Å². The van der Waals surface area contributed by atoms with Crippen LogP contribution in [0.25, 0.3) is 0 Å². The average Bonchev–Trinajstić information content (AvgIpc) is 2.88. The quantitative estimate of drug-likeness (QED) is 0.710. The zero-order valence-electron chi connectivity index (χ0n) is 16.5. The number of phenolic OH excluding ortho intramolecular Hbond substituents is 1. The van der Waals surface area contributed by atoms with Crippen LogP contribution in [0.4, 0.5) is 0 Å². The fourth-order valence-electron chi connectivity index (χ4n) is 3.59. The summed E-state index contributed by atoms with van der Waals surface area (Å²) in [5.41, 5.74) is 5.49. The number of phenols is 1. The Kier molecular flexibility index (Phi) is 4.14. The molecule has 0 amide bonds. The van der Waals surface area contributed by atoms with Crippen molar-refractivity contribution in [3.63, 3.8) is 0 Å². The van der Waals surface area contributed by atoms with Crippen LogP contribution in [0.3, 0.4) is 0 Å². The summed E-state index contributed by atoms with van der Waals surface area (Å²) in [5.74, 6) is 1.65. The normalized spacial score (nSPS) is 17.3. The number of hydrogen-bond donors (Lipinski definition) is 1. The van der Waals surface area contributed by atoms with Crippen molar-refractivity contribution >= 4 is 0 Å². The molecule has 134 valence electrons. The molecule has 0 spiro atoms. The molecule has 0 aromatic heterocycles. The van der Waals surface area contributed by atoms with Gasteiger partial charge in [-0.25, -0.2) is 0 Å². The van der Waals surface area contributed by atoms with E-state index in [4.69, 9.17) is 4.74 Å². The predicted octanol–water partition coefficient (Wildman–Crippen LogP) is 5.82. The summed E-state index contributed by atoms with van der Waals surface area (Å²) < 4.78 is 5.97. The molecule has 1 heterocycles. The summed E-state index contributed by atoms with van der Waals surface area (Å²) in [6, 6.07) is 10.8. The summed E-state index contributed by atoms with van der Waals surface area (Å²) in [5, 5.41) is 10.9. The maximum Gasteiger partial charge on any atom is 0.123 e. The standard InChI is InChI=1S/C23H30O2/c1-14-8-9-16-17(13-25-20(16)10-14)15-11-18(22(2,3)4)21(24)19(12-15)23(5,6)7/h8-12,17,24H,13H2,1-7H3/t17-/m0/s1. The molecule has 1 N–H and O–H groups in total. The van der Waals surface area contributed by atoms with Crippen LogP contribution in [-0.2, 0) is 10.8 Å². The second kappa shape index (κ2) is 5.79. The Labute approximate surface area is 151 Å². The lowest BCUT2D eigenvalue weighted by molar-refractivity contribution is 0.342. The topological polar surface area (TPSA) is 29.5 Å². The fourth-order valence-corrected chi connectivity index (χ4v) is 3.59. The molecule has 2 heteroatoms. The lowest BCUT2D eigenvalue weighted by Crippen LogP contribution is -2.19. The Morgan fingerprint density at radius 2 is 1.48 bits per heavy atom. The summed E-state index contributed by atoms with van der Waals surface area (Å²) >= 11 is 0. The molecule has 1 aliphatic rings. The predicted molar refractivity (Wildman–Crippen MR) is 104 cm³/mol. The maximum atomic E-state index is 10.9. The molecule has 2 nitrogen and oxygen atoms in total. The van der Waals surface area contributed by atoms with Gasteiger partial charge in [0.05, 0.1) is 6.61 Å². The fraction of sp³-hybridized carbons (Fsp3) is 0.478. The monoisotopic (exact) mass is 338 g/mol. The first-order chi connectivity index (χ1) is 11.5. The van der Waals surface area contributed by atoms with E-state index in [2.05, 4.69) is 78.8 Å². The largest absolute Gasteiger partial charge is 0.507 e. The van der Waals surface area contributed by atoms with Crippen LogP contribution in [0.1, 0.15) is 75.3 Å². The summed E-state index contributed by atoms with van der Waals surface area (Å²) in [4.78, 5) is 0. The lowest BCUT2D eigenvalue weighted by Gasteiger charge is -2.29. The minimum absolute atomic E-state index is 0.115. The molecule has 0 saturated carbocycles. The van der Waals surface area contributed by atoms with Gasteiger partial charge in [0.15, 0.2) is 0 Å². The van der Waals surface area contributed by atoms with Gasteiger partial charge in [-0.15, -0.1) is 0 Å². The Hall–Kier alpha value is -1.96. The van der Waals surface area contributed by atoms with Gasteiger partial charge in [-0.3, -0.25) is 0 Å². The summed E-state index contributed by atoms with van der Waals surface area (Å²) in [6.45, 7) is 15.7. The molecule has 0 aliphatic carbocycles. The van der Waals surface area contributed by atoms with Crippen molar-refractivity contribution in [2.24, 2.45) is 0 Å². The third kappa shape index (κ3) is 3.27. The van der Waals surface area contributed by atoms with E-state index in [9.17, 15) is 5.11 Å². The second-order valence-electron chi connectivity index (χ2n) is 9.37. The molecular weight excluding hydrogens is 308 g/mol. The van der Waals surface area contributed by atoms with Crippen molar-refractivity contribution in [3.05, 3.63) is 58.1 Å². The summed E-state index contributed by atoms with van der Waals surface area (Å²) in [6.07, 6.45) is 0. The molecule has 1 aliphatic heterocycles. The van der Waals surface area contributed by atoms with E-state index in [0.29, 0.717) is 12.4 Å². The Morgan fingerprint density at radius 1 is 0.920 bits per heavy atom. The van der Waals surface area contributed by atoms with E-state index in [1.807, 2.05) is 0 Å². The highest BCUT2D eigenvalue weighted by molar-refractivity contribution is 5.54. The average molecular weight is 338 g/mol. The van der Waals surface area contributed by atoms with Crippen LogP contribution in [0.2, 0.25) is 0 Å². The van der Waals surface area contributed by atoms with Crippen molar-refractivity contribution in [1.82, 2.24) is 0 Å². The number of aromatic hydroxyl groups is 1. The van der Waals surface area contributed by atoms with Crippen LogP contribution in [0.5, 0.6) is 11.5 Å². The highest BCUT2D eigenvalue weighted by Crippen LogP contribution is 2.45. The number of rotatable bonds is 1. The van der Waals surface area contributed by atoms with Crippen LogP contribution in [-0.4, -0.2) is 11.7 Å². The Balaban J connectivity index is 2.19. The molecule has 25 heavy (non-hydrogen) atoms. The first-order valence-electron chi connectivity index (χ1n) is 9.09. The Morgan fingerprint density at radius 3 is 2.00 bits per heavy atom. The first kappa shape index (κ1) is 17.8. The van der Waals surface area contributed by atoms with Crippen molar-refractivity contribution in [2.45, 2.75) is 65.2 Å². The minimum atomic E-state index is -0.115. The van der Waals surface area contributed by atoms with Gasteiger partial charge >= 0.3 is 0 Å². The van der Waals surface area contributed by atoms with Gasteiger partial charge in [-0.1, -0.05) is 65.8 Å². The molecule has 0 saturated heterocycles. The van der Waals surface area contributed by atoms with E-state index in [1.54, 1.807) is 0 Å². The molecule has 0 unspecified atom stereocenters. The minimum Gasteiger partial charge on any atom is -0.507 e. The van der Waals surface area contributed by atoms with Crippen LogP contribution < -0.4 is 4.74 Å². The number of hydrogen-bond acceptors (Lipinski definition) is 2. The van der Waals surface area contributed by atoms with Crippen LogP contribution in [0, 0.1) is 6.92 Å². The van der Waals surface area contributed by atoms with Crippen molar-refractivity contribution in [1.29, 1.82) is 0 Å². The summed E-state index contributed by atoms with van der Waals surface area (Å²) in [7, 11) is 0. The van der Waals surface area contributed by atoms with Gasteiger partial charge in [0.25, 0.3) is 0 Å².